The van der Waals surface area contributed by atoms with Gasteiger partial charge in [0, 0.05) is 24.6 Å². The first-order valence-corrected chi connectivity index (χ1v) is 11.8. The van der Waals surface area contributed by atoms with E-state index in [0.29, 0.717) is 18.3 Å². The van der Waals surface area contributed by atoms with Crippen molar-refractivity contribution in [3.05, 3.63) is 70.8 Å². The molecule has 1 N–H and O–H groups in total. The molecule has 37 heavy (non-hydrogen) atoms. The van der Waals surface area contributed by atoms with E-state index in [0.717, 1.165) is 36.6 Å². The van der Waals surface area contributed by atoms with E-state index in [4.69, 9.17) is 16.3 Å². The summed E-state index contributed by atoms with van der Waals surface area (Å²) in [6.45, 7) is 0. The van der Waals surface area contributed by atoms with Crippen molar-refractivity contribution < 1.29 is 53.4 Å². The van der Waals surface area contributed by atoms with E-state index < -0.39 is 73.3 Å². The maximum atomic E-state index is 14.2. The molecule has 0 unspecified atom stereocenters. The number of carbonyl (C=O) groups excluding carboxylic acids is 1. The zero-order valence-corrected chi connectivity index (χ0v) is 19.6. The van der Waals surface area contributed by atoms with Crippen LogP contribution in [0.15, 0.2) is 53.6 Å². The Morgan fingerprint density at radius 1 is 1.00 bits per heavy atom. The zero-order chi connectivity index (χ0) is 27.8. The van der Waals surface area contributed by atoms with Crippen molar-refractivity contribution in [3.8, 4) is 17.2 Å². The van der Waals surface area contributed by atoms with Crippen molar-refractivity contribution in [2.24, 2.45) is 0 Å². The third-order valence-electron chi connectivity index (χ3n) is 4.37. The average molecular weight is 573 g/mol. The Morgan fingerprint density at radius 2 is 1.68 bits per heavy atom. The third-order valence-corrected chi connectivity index (χ3v) is 5.78. The number of benzene rings is 2. The monoisotopic (exact) mass is 572 g/mol. The molecule has 0 radical (unpaired) electrons. The van der Waals surface area contributed by atoms with Gasteiger partial charge in [-0.2, -0.15) is 13.2 Å². The van der Waals surface area contributed by atoms with Crippen LogP contribution in [0.2, 0.25) is 5.02 Å². The number of carbonyl (C=O) groups is 1. The Kier molecular flexibility index (Phi) is 7.60. The molecular weight excluding hydrogens is 561 g/mol. The summed E-state index contributed by atoms with van der Waals surface area (Å²) in [5.41, 5.74) is -2.80. The minimum Gasteiger partial charge on any atom is -0.455 e. The normalized spacial score (nSPS) is 12.2. The summed E-state index contributed by atoms with van der Waals surface area (Å²) in [7, 11) is -3.81. The highest BCUT2D eigenvalue weighted by Gasteiger charge is 2.34. The summed E-state index contributed by atoms with van der Waals surface area (Å²) in [5, 5.41) is 1.49. The van der Waals surface area contributed by atoms with Gasteiger partial charge in [-0.1, -0.05) is 11.6 Å². The number of pyridine rings is 1. The van der Waals surface area contributed by atoms with E-state index in [1.165, 1.54) is 0 Å². The molecule has 2 aromatic carbocycles. The maximum Gasteiger partial charge on any atom is 0.573 e. The Balaban J connectivity index is 2.01. The Hall–Kier alpha value is -3.59. The minimum absolute atomic E-state index is 0.314. The molecule has 0 aliphatic rings. The number of hydrogen-bond donors (Lipinski definition) is 1. The standard InChI is InChI=1S/C21H12ClF7N2O5S/c1-37(33,34)11-3-4-14(23)15(7-11)31-19(32)12-9-30-18(20(24,25)26)8-17(12)35-16-5-2-10(6-13(16)22)36-21(27,28)29/h2-9H,1H3,(H,31,32). The number of rotatable bonds is 6. The van der Waals surface area contributed by atoms with Gasteiger partial charge in [0.25, 0.3) is 5.91 Å². The van der Waals surface area contributed by atoms with Crippen LogP contribution in [0, 0.1) is 5.82 Å². The zero-order valence-electron chi connectivity index (χ0n) is 18.0. The van der Waals surface area contributed by atoms with Gasteiger partial charge in [0.05, 0.1) is 15.6 Å². The van der Waals surface area contributed by atoms with E-state index in [2.05, 4.69) is 9.72 Å². The van der Waals surface area contributed by atoms with Crippen LogP contribution in [0.5, 0.6) is 17.2 Å². The third kappa shape index (κ3) is 7.22. The number of nitrogens with zero attached hydrogens (tertiary/aromatic N) is 1. The van der Waals surface area contributed by atoms with Gasteiger partial charge in [-0.15, -0.1) is 13.2 Å². The van der Waals surface area contributed by atoms with E-state index >= 15 is 0 Å². The summed E-state index contributed by atoms with van der Waals surface area (Å²) < 4.78 is 123. The molecule has 0 bridgehead atoms. The molecular formula is C21H12ClF7N2O5S. The predicted molar refractivity (Wildman–Crippen MR) is 115 cm³/mol. The highest BCUT2D eigenvalue weighted by molar-refractivity contribution is 7.90. The summed E-state index contributed by atoms with van der Waals surface area (Å²) >= 11 is 5.86. The minimum atomic E-state index is -5.05. The largest absolute Gasteiger partial charge is 0.573 e. The van der Waals surface area contributed by atoms with Gasteiger partial charge < -0.3 is 14.8 Å². The molecule has 3 aromatic rings. The number of ether oxygens (including phenoxy) is 2. The first kappa shape index (κ1) is 28.0. The molecule has 7 nitrogen and oxygen atoms in total. The lowest BCUT2D eigenvalue weighted by molar-refractivity contribution is -0.274. The van der Waals surface area contributed by atoms with Crippen molar-refractivity contribution in [2.45, 2.75) is 17.4 Å². The second-order valence-corrected chi connectivity index (χ2v) is 9.60. The molecule has 0 saturated carbocycles. The van der Waals surface area contributed by atoms with E-state index in [-0.39, 0.29) is 4.90 Å². The van der Waals surface area contributed by atoms with Crippen molar-refractivity contribution in [1.82, 2.24) is 4.98 Å². The van der Waals surface area contributed by atoms with Crippen LogP contribution in [0.25, 0.3) is 0 Å². The molecule has 0 spiro atoms. The SMILES string of the molecule is CS(=O)(=O)c1ccc(F)c(NC(=O)c2cnc(C(F)(F)F)cc2Oc2ccc(OC(F)(F)F)cc2Cl)c1. The number of anilines is 1. The predicted octanol–water partition coefficient (Wildman–Crippen LogP) is 6.24. The molecule has 0 saturated heterocycles. The van der Waals surface area contributed by atoms with Gasteiger partial charge in [0.2, 0.25) is 0 Å². The second kappa shape index (κ2) is 10.0. The van der Waals surface area contributed by atoms with Crippen molar-refractivity contribution >= 4 is 33.0 Å². The molecule has 0 atom stereocenters. The first-order valence-electron chi connectivity index (χ1n) is 9.55. The molecule has 0 fully saturated rings. The Labute approximate surface area is 208 Å². The highest BCUT2D eigenvalue weighted by atomic mass is 35.5. The summed E-state index contributed by atoms with van der Waals surface area (Å²) in [5.74, 6) is -4.34. The lowest BCUT2D eigenvalue weighted by atomic mass is 10.2. The van der Waals surface area contributed by atoms with Crippen LogP contribution in [0.4, 0.5) is 36.4 Å². The number of hydrogen-bond acceptors (Lipinski definition) is 6. The second-order valence-electron chi connectivity index (χ2n) is 7.17. The van der Waals surface area contributed by atoms with Crippen LogP contribution in [-0.2, 0) is 16.0 Å². The van der Waals surface area contributed by atoms with Crippen LogP contribution in [0.1, 0.15) is 16.1 Å². The quantitative estimate of drug-likeness (QED) is 0.278. The molecule has 1 aromatic heterocycles. The molecule has 198 valence electrons. The fourth-order valence-corrected chi connectivity index (χ4v) is 3.60. The lowest BCUT2D eigenvalue weighted by Gasteiger charge is -2.16. The fourth-order valence-electron chi connectivity index (χ4n) is 2.75. The molecule has 0 aliphatic heterocycles. The van der Waals surface area contributed by atoms with E-state index in [9.17, 15) is 43.9 Å². The number of sulfone groups is 1. The van der Waals surface area contributed by atoms with Gasteiger partial charge in [0.1, 0.15) is 34.3 Å². The summed E-state index contributed by atoms with van der Waals surface area (Å²) in [6, 6.07) is 5.05. The Bertz CT molecular complexity index is 1460. The molecule has 1 heterocycles. The first-order chi connectivity index (χ1) is 16.9. The van der Waals surface area contributed by atoms with Crippen LogP contribution in [0.3, 0.4) is 0 Å². The lowest BCUT2D eigenvalue weighted by Crippen LogP contribution is -2.17. The molecule has 0 aliphatic carbocycles. The van der Waals surface area contributed by atoms with Crippen molar-refractivity contribution in [1.29, 1.82) is 0 Å². The number of nitrogens with one attached hydrogen (secondary N) is 1. The molecule has 16 heteroatoms. The highest BCUT2D eigenvalue weighted by Crippen LogP contribution is 2.38. The van der Waals surface area contributed by atoms with Gasteiger partial charge in [0.15, 0.2) is 9.84 Å². The van der Waals surface area contributed by atoms with Gasteiger partial charge in [-0.3, -0.25) is 9.78 Å². The van der Waals surface area contributed by atoms with Crippen LogP contribution < -0.4 is 14.8 Å². The topological polar surface area (TPSA) is 94.6 Å². The average Bonchev–Trinajstić information content (AvgIpc) is 2.74. The Morgan fingerprint density at radius 3 is 2.24 bits per heavy atom. The van der Waals surface area contributed by atoms with Gasteiger partial charge in [-0.25, -0.2) is 12.8 Å². The van der Waals surface area contributed by atoms with Crippen LogP contribution in [-0.4, -0.2) is 31.9 Å². The van der Waals surface area contributed by atoms with E-state index in [1.54, 1.807) is 0 Å². The van der Waals surface area contributed by atoms with Gasteiger partial charge in [-0.05, 0) is 30.3 Å². The maximum absolute atomic E-state index is 14.2. The fraction of sp³-hybridized carbons (Fsp3) is 0.143. The number of alkyl halides is 6. The van der Waals surface area contributed by atoms with Crippen molar-refractivity contribution in [2.75, 3.05) is 11.6 Å². The number of amides is 1. The smallest absolute Gasteiger partial charge is 0.455 e. The van der Waals surface area contributed by atoms with Crippen LogP contribution >= 0.6 is 11.6 Å². The van der Waals surface area contributed by atoms with E-state index in [1.807, 2.05) is 5.32 Å². The number of aromatic nitrogens is 1. The summed E-state index contributed by atoms with van der Waals surface area (Å²) in [4.78, 5) is 15.6. The van der Waals surface area contributed by atoms with Gasteiger partial charge >= 0.3 is 12.5 Å². The molecule has 1 amide bonds. The number of halogens is 8. The van der Waals surface area contributed by atoms with Crippen molar-refractivity contribution in [3.63, 3.8) is 0 Å². The molecule has 3 rings (SSSR count). The summed E-state index contributed by atoms with van der Waals surface area (Å²) in [6.07, 6.45) is -8.75.